The Hall–Kier alpha value is -3.82. The first-order valence-corrected chi connectivity index (χ1v) is 12.7. The number of ether oxygens (including phenoxy) is 2. The fourth-order valence-electron chi connectivity index (χ4n) is 3.70. The zero-order valence-corrected chi connectivity index (χ0v) is 22.4. The first-order chi connectivity index (χ1) is 18.1. The Morgan fingerprint density at radius 2 is 1.87 bits per heavy atom. The van der Waals surface area contributed by atoms with Crippen LogP contribution in [0.2, 0.25) is 5.02 Å². The molecule has 1 fully saturated rings. The summed E-state index contributed by atoms with van der Waals surface area (Å²) in [6.07, 6.45) is 1.57. The lowest BCUT2D eigenvalue weighted by molar-refractivity contribution is -0.123. The van der Waals surface area contributed by atoms with Gasteiger partial charge in [0.15, 0.2) is 18.1 Å². The Morgan fingerprint density at radius 3 is 2.61 bits per heavy atom. The second-order valence-corrected chi connectivity index (χ2v) is 9.97. The minimum absolute atomic E-state index is 0.0681. The average Bonchev–Trinajstić information content (AvgIpc) is 3.14. The van der Waals surface area contributed by atoms with Gasteiger partial charge in [0.2, 0.25) is 0 Å². The zero-order chi connectivity index (χ0) is 27.4. The van der Waals surface area contributed by atoms with E-state index in [4.69, 9.17) is 21.1 Å². The van der Waals surface area contributed by atoms with Gasteiger partial charge in [-0.3, -0.25) is 19.3 Å². The van der Waals surface area contributed by atoms with Gasteiger partial charge in [-0.1, -0.05) is 35.9 Å². The summed E-state index contributed by atoms with van der Waals surface area (Å²) in [5, 5.41) is 2.52. The number of hydrogen-bond donors (Lipinski definition) is 1. The lowest BCUT2D eigenvalue weighted by Crippen LogP contribution is -2.27. The smallest absolute Gasteiger partial charge is 0.293 e. The number of rotatable bonds is 8. The van der Waals surface area contributed by atoms with Crippen LogP contribution in [0.5, 0.6) is 11.5 Å². The van der Waals surface area contributed by atoms with E-state index in [-0.39, 0.29) is 29.0 Å². The van der Waals surface area contributed by atoms with Crippen LogP contribution < -0.4 is 14.8 Å². The Kier molecular flexibility index (Phi) is 8.38. The molecule has 3 aromatic rings. The normalized spacial score (nSPS) is 14.2. The third-order valence-electron chi connectivity index (χ3n) is 5.73. The van der Waals surface area contributed by atoms with Gasteiger partial charge in [0, 0.05) is 10.7 Å². The summed E-state index contributed by atoms with van der Waals surface area (Å²) in [5.74, 6) is -0.603. The largest absolute Gasteiger partial charge is 0.493 e. The second-order valence-electron chi connectivity index (χ2n) is 8.57. The van der Waals surface area contributed by atoms with E-state index in [1.165, 1.54) is 19.2 Å². The highest BCUT2D eigenvalue weighted by Gasteiger charge is 2.35. The van der Waals surface area contributed by atoms with Crippen LogP contribution in [0.3, 0.4) is 0 Å². The van der Waals surface area contributed by atoms with Crippen molar-refractivity contribution in [1.29, 1.82) is 0 Å². The van der Waals surface area contributed by atoms with Crippen LogP contribution in [0.15, 0.2) is 59.5 Å². The van der Waals surface area contributed by atoms with Crippen LogP contribution in [0.4, 0.5) is 14.9 Å². The summed E-state index contributed by atoms with van der Waals surface area (Å²) in [6, 6.07) is 14.5. The van der Waals surface area contributed by atoms with Crippen molar-refractivity contribution in [3.63, 3.8) is 0 Å². The number of benzene rings is 3. The number of methoxy groups -OCH3 is 1. The van der Waals surface area contributed by atoms with E-state index in [1.54, 1.807) is 24.3 Å². The Labute approximate surface area is 228 Å². The maximum absolute atomic E-state index is 13.3. The number of imide groups is 1. The first kappa shape index (κ1) is 27.2. The lowest BCUT2D eigenvalue weighted by atomic mass is 10.1. The number of aryl methyl sites for hydroxylation is 2. The van der Waals surface area contributed by atoms with Crippen molar-refractivity contribution in [3.8, 4) is 11.5 Å². The molecule has 10 heteroatoms. The predicted octanol–water partition coefficient (Wildman–Crippen LogP) is 6.36. The number of thioether (sulfide) groups is 1. The fourth-order valence-corrected chi connectivity index (χ4v) is 4.77. The molecule has 1 heterocycles. The molecule has 1 saturated heterocycles. The summed E-state index contributed by atoms with van der Waals surface area (Å²) in [4.78, 5) is 39.1. The number of nitrogens with zero attached hydrogens (tertiary/aromatic N) is 1. The fraction of sp³-hybridized carbons (Fsp3) is 0.179. The molecule has 0 unspecified atom stereocenters. The molecule has 3 amide bonds. The number of nitrogens with one attached hydrogen (secondary N) is 1. The standard InChI is InChI=1S/C28H24ClFN2O5S/c1-16-4-5-17(2)22(10-16)31-26(33)15-37-23-9-6-18(11-24(23)36-3)12-25-27(34)32(28(35)38-25)14-19-7-8-20(30)13-21(19)29/h4-13H,14-15H2,1-3H3,(H,31,33)/b25-12-. The van der Waals surface area contributed by atoms with Crippen molar-refractivity contribution in [2.24, 2.45) is 0 Å². The Bertz CT molecular complexity index is 1460. The van der Waals surface area contributed by atoms with Crippen molar-refractivity contribution in [1.82, 2.24) is 4.90 Å². The summed E-state index contributed by atoms with van der Waals surface area (Å²) < 4.78 is 24.4. The summed E-state index contributed by atoms with van der Waals surface area (Å²) in [6.45, 7) is 3.55. The molecule has 0 saturated carbocycles. The Balaban J connectivity index is 1.43. The minimum Gasteiger partial charge on any atom is -0.493 e. The van der Waals surface area contributed by atoms with E-state index in [2.05, 4.69) is 5.32 Å². The first-order valence-electron chi connectivity index (χ1n) is 11.5. The molecule has 7 nitrogen and oxygen atoms in total. The molecule has 0 bridgehead atoms. The van der Waals surface area contributed by atoms with Gasteiger partial charge in [0.1, 0.15) is 5.82 Å². The van der Waals surface area contributed by atoms with E-state index in [9.17, 15) is 18.8 Å². The zero-order valence-electron chi connectivity index (χ0n) is 20.8. The summed E-state index contributed by atoms with van der Waals surface area (Å²) >= 11 is 6.85. The van der Waals surface area contributed by atoms with Crippen molar-refractivity contribution in [3.05, 3.63) is 92.6 Å². The molecule has 0 radical (unpaired) electrons. The maximum atomic E-state index is 13.3. The molecule has 4 rings (SSSR count). The van der Waals surface area contributed by atoms with Crippen molar-refractivity contribution in [2.45, 2.75) is 20.4 Å². The van der Waals surface area contributed by atoms with Crippen LogP contribution in [0, 0.1) is 19.7 Å². The lowest BCUT2D eigenvalue weighted by Gasteiger charge is -2.14. The van der Waals surface area contributed by atoms with Crippen LogP contribution in [0.1, 0.15) is 22.3 Å². The molecule has 3 aromatic carbocycles. The number of anilines is 1. The average molecular weight is 555 g/mol. The van der Waals surface area contributed by atoms with Gasteiger partial charge in [0.05, 0.1) is 18.6 Å². The number of halogens is 2. The molecule has 0 atom stereocenters. The van der Waals surface area contributed by atoms with Gasteiger partial charge in [-0.25, -0.2) is 4.39 Å². The molecular formula is C28H24ClFN2O5S. The molecule has 0 spiro atoms. The van der Waals surface area contributed by atoms with Crippen molar-refractivity contribution in [2.75, 3.05) is 19.0 Å². The van der Waals surface area contributed by atoms with Gasteiger partial charge in [-0.15, -0.1) is 0 Å². The van der Waals surface area contributed by atoms with E-state index >= 15 is 0 Å². The van der Waals surface area contributed by atoms with E-state index < -0.39 is 17.0 Å². The van der Waals surface area contributed by atoms with E-state index in [0.29, 0.717) is 22.6 Å². The number of hydrogen-bond acceptors (Lipinski definition) is 6. The van der Waals surface area contributed by atoms with Gasteiger partial charge >= 0.3 is 0 Å². The SMILES string of the molecule is COc1cc(/C=C2\SC(=O)N(Cc3ccc(F)cc3Cl)C2=O)ccc1OCC(=O)Nc1cc(C)ccc1C. The van der Waals surface area contributed by atoms with Crippen molar-refractivity contribution < 1.29 is 28.2 Å². The highest BCUT2D eigenvalue weighted by atomic mass is 35.5. The van der Waals surface area contributed by atoms with Crippen molar-refractivity contribution >= 4 is 52.2 Å². The highest BCUT2D eigenvalue weighted by molar-refractivity contribution is 8.18. The third-order valence-corrected chi connectivity index (χ3v) is 6.99. The summed E-state index contributed by atoms with van der Waals surface area (Å²) in [7, 11) is 1.46. The van der Waals surface area contributed by atoms with E-state index in [0.717, 1.165) is 39.5 Å². The molecule has 38 heavy (non-hydrogen) atoms. The number of carbonyl (C=O) groups is 3. The van der Waals surface area contributed by atoms with Crippen LogP contribution >= 0.6 is 23.4 Å². The molecule has 1 aliphatic rings. The van der Waals surface area contributed by atoms with Gasteiger partial charge in [-0.05, 0) is 84.3 Å². The monoisotopic (exact) mass is 554 g/mol. The van der Waals surface area contributed by atoms with Gasteiger partial charge in [-0.2, -0.15) is 0 Å². The second kappa shape index (κ2) is 11.7. The molecule has 0 aromatic heterocycles. The van der Waals surface area contributed by atoms with Gasteiger partial charge in [0.25, 0.3) is 17.1 Å². The van der Waals surface area contributed by atoms with Crippen LogP contribution in [-0.2, 0) is 16.1 Å². The van der Waals surface area contributed by atoms with E-state index in [1.807, 2.05) is 32.0 Å². The van der Waals surface area contributed by atoms with Crippen LogP contribution in [0.25, 0.3) is 6.08 Å². The molecular weight excluding hydrogens is 531 g/mol. The summed E-state index contributed by atoms with van der Waals surface area (Å²) in [5.41, 5.74) is 3.74. The van der Waals surface area contributed by atoms with Crippen LogP contribution in [-0.4, -0.2) is 35.7 Å². The molecule has 1 N–H and O–H groups in total. The maximum Gasteiger partial charge on any atom is 0.293 e. The third kappa shape index (κ3) is 6.35. The minimum atomic E-state index is -0.504. The highest BCUT2D eigenvalue weighted by Crippen LogP contribution is 2.36. The molecule has 0 aliphatic carbocycles. The number of amides is 3. The molecule has 1 aliphatic heterocycles. The number of carbonyl (C=O) groups excluding carboxylic acids is 3. The predicted molar refractivity (Wildman–Crippen MR) is 146 cm³/mol. The molecule has 196 valence electrons. The topological polar surface area (TPSA) is 84.9 Å². The quantitative estimate of drug-likeness (QED) is 0.326. The Morgan fingerprint density at radius 1 is 1.08 bits per heavy atom. The van der Waals surface area contributed by atoms with Gasteiger partial charge < -0.3 is 14.8 Å².